The van der Waals surface area contributed by atoms with Gasteiger partial charge in [0.1, 0.15) is 0 Å². The van der Waals surface area contributed by atoms with Crippen molar-refractivity contribution in [1.29, 1.82) is 0 Å². The second-order valence-electron chi connectivity index (χ2n) is 8.94. The van der Waals surface area contributed by atoms with E-state index >= 15 is 4.57 Å². The third kappa shape index (κ3) is 3.36. The van der Waals surface area contributed by atoms with Crippen LogP contribution in [0.5, 0.6) is 0 Å². The molecule has 0 heterocycles. The molecule has 0 amide bonds. The van der Waals surface area contributed by atoms with Crippen LogP contribution in [0.4, 0.5) is 13.2 Å². The van der Waals surface area contributed by atoms with E-state index in [0.717, 1.165) is 50.0 Å². The number of rotatable bonds is 3. The second-order valence-corrected chi connectivity index (χ2v) is 11.7. The summed E-state index contributed by atoms with van der Waals surface area (Å²) in [5.74, 6) is 0. The first-order valence-corrected chi connectivity index (χ1v) is 13.0. The maximum absolute atomic E-state index is 15.2. The Hall–Kier alpha value is -3.62. The van der Waals surface area contributed by atoms with Gasteiger partial charge in [-0.2, -0.15) is 13.2 Å². The summed E-state index contributed by atoms with van der Waals surface area (Å²) in [5, 5.41) is 7.25. The van der Waals surface area contributed by atoms with Crippen LogP contribution < -0.4 is 15.9 Å². The molecule has 0 aliphatic carbocycles. The first-order valence-electron chi connectivity index (χ1n) is 11.3. The van der Waals surface area contributed by atoms with E-state index in [0.29, 0.717) is 10.6 Å². The molecular formula is C30H20F3OP. The van der Waals surface area contributed by atoms with Crippen LogP contribution in [0.3, 0.4) is 0 Å². The van der Waals surface area contributed by atoms with Crippen molar-refractivity contribution in [1.82, 2.24) is 0 Å². The Morgan fingerprint density at radius 2 is 1.20 bits per heavy atom. The third-order valence-corrected chi connectivity index (χ3v) is 9.83. The van der Waals surface area contributed by atoms with Gasteiger partial charge in [0.2, 0.25) is 0 Å². The molecule has 0 aliphatic rings. The van der Waals surface area contributed by atoms with Crippen molar-refractivity contribution in [2.45, 2.75) is 13.1 Å². The molecule has 1 unspecified atom stereocenters. The molecule has 6 aromatic carbocycles. The van der Waals surface area contributed by atoms with Gasteiger partial charge in [-0.25, -0.2) is 0 Å². The molecule has 172 valence electrons. The summed E-state index contributed by atoms with van der Waals surface area (Å²) in [7, 11) is -3.66. The number of halogens is 3. The number of hydrogen-bond acceptors (Lipinski definition) is 1. The zero-order valence-electron chi connectivity index (χ0n) is 18.8. The van der Waals surface area contributed by atoms with Gasteiger partial charge in [-0.3, -0.25) is 0 Å². The quantitative estimate of drug-likeness (QED) is 0.187. The predicted molar refractivity (Wildman–Crippen MR) is 139 cm³/mol. The van der Waals surface area contributed by atoms with Gasteiger partial charge < -0.3 is 4.57 Å². The fourth-order valence-corrected chi connectivity index (χ4v) is 8.09. The van der Waals surface area contributed by atoms with Crippen LogP contribution in [0, 0.1) is 6.92 Å². The molecule has 0 saturated heterocycles. The van der Waals surface area contributed by atoms with E-state index in [-0.39, 0.29) is 5.30 Å². The van der Waals surface area contributed by atoms with E-state index < -0.39 is 18.9 Å². The molecule has 0 N–H and O–H groups in total. The molecular weight excluding hydrogens is 464 g/mol. The summed E-state index contributed by atoms with van der Waals surface area (Å²) < 4.78 is 56.2. The Labute approximate surface area is 200 Å². The first kappa shape index (κ1) is 21.9. The van der Waals surface area contributed by atoms with Crippen LogP contribution in [0.1, 0.15) is 11.1 Å². The molecule has 1 atom stereocenters. The van der Waals surface area contributed by atoms with Crippen molar-refractivity contribution >= 4 is 55.4 Å². The van der Waals surface area contributed by atoms with Crippen LogP contribution in [0.15, 0.2) is 103 Å². The highest BCUT2D eigenvalue weighted by Gasteiger charge is 2.36. The van der Waals surface area contributed by atoms with Gasteiger partial charge >= 0.3 is 6.18 Å². The molecule has 6 rings (SSSR count). The van der Waals surface area contributed by atoms with Gasteiger partial charge in [-0.15, -0.1) is 0 Å². The van der Waals surface area contributed by atoms with Crippen molar-refractivity contribution < 1.29 is 17.7 Å². The van der Waals surface area contributed by atoms with Crippen LogP contribution >= 0.6 is 7.14 Å². The maximum Gasteiger partial charge on any atom is 0.416 e. The molecule has 0 aromatic heterocycles. The number of benzene rings is 6. The topological polar surface area (TPSA) is 17.1 Å². The minimum atomic E-state index is -4.53. The minimum absolute atomic E-state index is 0.174. The Morgan fingerprint density at radius 3 is 1.89 bits per heavy atom. The lowest BCUT2D eigenvalue weighted by molar-refractivity contribution is -0.137. The lowest BCUT2D eigenvalue weighted by atomic mass is 9.94. The summed E-state index contributed by atoms with van der Waals surface area (Å²) in [6, 6.07) is 30.1. The average molecular weight is 484 g/mol. The van der Waals surface area contributed by atoms with Crippen LogP contribution in [0.2, 0.25) is 0 Å². The van der Waals surface area contributed by atoms with Crippen molar-refractivity contribution in [2.24, 2.45) is 0 Å². The summed E-state index contributed by atoms with van der Waals surface area (Å²) in [4.78, 5) is 0. The number of aryl methyl sites for hydroxylation is 1. The van der Waals surface area contributed by atoms with Crippen molar-refractivity contribution in [3.8, 4) is 0 Å². The molecule has 0 saturated carbocycles. The largest absolute Gasteiger partial charge is 0.416 e. The van der Waals surface area contributed by atoms with Crippen molar-refractivity contribution in [3.05, 3.63) is 114 Å². The second kappa shape index (κ2) is 7.69. The van der Waals surface area contributed by atoms with Gasteiger partial charge in [0.05, 0.1) is 5.56 Å². The average Bonchev–Trinajstić information content (AvgIpc) is 2.86. The van der Waals surface area contributed by atoms with E-state index in [1.807, 2.05) is 67.6 Å². The number of alkyl halides is 3. The van der Waals surface area contributed by atoms with E-state index in [1.54, 1.807) is 18.2 Å². The van der Waals surface area contributed by atoms with Crippen molar-refractivity contribution in [2.75, 3.05) is 0 Å². The predicted octanol–water partition coefficient (Wildman–Crippen LogP) is 7.55. The lowest BCUT2D eigenvalue weighted by Crippen LogP contribution is -2.27. The standard InChI is InChI=1S/C30H20F3OP/c1-19-5-2-9-24(17-19)35(34,25-10-4-8-23(18-25)30(31,32)33)27-16-14-22-12-11-20-6-3-7-21-13-15-26(27)29(22)28(20)21/h2-18H,1H3. The van der Waals surface area contributed by atoms with Gasteiger partial charge in [-0.1, -0.05) is 84.4 Å². The molecule has 0 bridgehead atoms. The van der Waals surface area contributed by atoms with Gasteiger partial charge in [0, 0.05) is 15.9 Å². The van der Waals surface area contributed by atoms with E-state index in [9.17, 15) is 13.2 Å². The molecule has 0 radical (unpaired) electrons. The van der Waals surface area contributed by atoms with E-state index in [1.165, 1.54) is 6.07 Å². The Kier molecular flexibility index (Phi) is 4.81. The third-order valence-electron chi connectivity index (χ3n) is 6.75. The lowest BCUT2D eigenvalue weighted by Gasteiger charge is -2.24. The maximum atomic E-state index is 15.2. The zero-order chi connectivity index (χ0) is 24.4. The number of hydrogen-bond donors (Lipinski definition) is 0. The van der Waals surface area contributed by atoms with Crippen LogP contribution in [-0.2, 0) is 10.7 Å². The van der Waals surface area contributed by atoms with Crippen LogP contribution in [0.25, 0.3) is 32.3 Å². The Bertz CT molecular complexity index is 1770. The van der Waals surface area contributed by atoms with Gasteiger partial charge in [-0.05, 0) is 63.5 Å². The molecule has 35 heavy (non-hydrogen) atoms. The fraction of sp³-hybridized carbons (Fsp3) is 0.0667. The minimum Gasteiger partial charge on any atom is -0.309 e. The molecule has 1 nitrogen and oxygen atoms in total. The van der Waals surface area contributed by atoms with Crippen molar-refractivity contribution in [3.63, 3.8) is 0 Å². The first-order chi connectivity index (χ1) is 16.8. The Balaban J connectivity index is 1.75. The molecule has 6 aromatic rings. The highest BCUT2D eigenvalue weighted by atomic mass is 31.2. The van der Waals surface area contributed by atoms with E-state index in [2.05, 4.69) is 6.07 Å². The smallest absolute Gasteiger partial charge is 0.309 e. The molecule has 0 spiro atoms. The summed E-state index contributed by atoms with van der Waals surface area (Å²) in [6.07, 6.45) is -4.53. The Morgan fingerprint density at radius 1 is 0.629 bits per heavy atom. The summed E-state index contributed by atoms with van der Waals surface area (Å²) >= 11 is 0. The molecule has 0 fully saturated rings. The summed E-state index contributed by atoms with van der Waals surface area (Å²) in [5.41, 5.74) is 0.0907. The highest BCUT2D eigenvalue weighted by Crippen LogP contribution is 2.47. The molecule has 5 heteroatoms. The summed E-state index contributed by atoms with van der Waals surface area (Å²) in [6.45, 7) is 1.89. The van der Waals surface area contributed by atoms with Gasteiger partial charge in [0.15, 0.2) is 7.14 Å². The monoisotopic (exact) mass is 484 g/mol. The normalized spacial score (nSPS) is 14.1. The van der Waals surface area contributed by atoms with Gasteiger partial charge in [0.25, 0.3) is 0 Å². The fourth-order valence-electron chi connectivity index (χ4n) is 5.12. The van der Waals surface area contributed by atoms with Crippen LogP contribution in [-0.4, -0.2) is 0 Å². The zero-order valence-corrected chi connectivity index (χ0v) is 19.7. The molecule has 0 aliphatic heterocycles. The SMILES string of the molecule is Cc1cccc(P(=O)(c2cccc(C(F)(F)F)c2)c2ccc3ccc4cccc5ccc2c3c45)c1. The van der Waals surface area contributed by atoms with E-state index in [4.69, 9.17) is 0 Å². The highest BCUT2D eigenvalue weighted by molar-refractivity contribution is 7.85.